The predicted molar refractivity (Wildman–Crippen MR) is 62.9 cm³/mol. The van der Waals surface area contributed by atoms with Gasteiger partial charge in [0.25, 0.3) is 0 Å². The van der Waals surface area contributed by atoms with Gasteiger partial charge in [-0.2, -0.15) is 0 Å². The van der Waals surface area contributed by atoms with Crippen LogP contribution in [0.1, 0.15) is 26.2 Å². The number of carbonyl (C=O) groups is 1. The summed E-state index contributed by atoms with van der Waals surface area (Å²) in [6, 6.07) is 0. The van der Waals surface area contributed by atoms with E-state index in [0.717, 1.165) is 45.7 Å². The third kappa shape index (κ3) is 4.47. The summed E-state index contributed by atoms with van der Waals surface area (Å²) in [6.45, 7) is 6.43. The molecule has 5 heteroatoms. The number of primary amides is 1. The second kappa shape index (κ2) is 6.18. The van der Waals surface area contributed by atoms with Crippen molar-refractivity contribution in [3.8, 4) is 0 Å². The van der Waals surface area contributed by atoms with Crippen LogP contribution >= 0.6 is 0 Å². The van der Waals surface area contributed by atoms with Crippen molar-refractivity contribution in [1.29, 1.82) is 0 Å². The van der Waals surface area contributed by atoms with Gasteiger partial charge in [-0.15, -0.1) is 0 Å². The predicted octanol–water partition coefficient (Wildman–Crippen LogP) is -0.308. The zero-order valence-electron chi connectivity index (χ0n) is 10.1. The lowest BCUT2D eigenvalue weighted by Gasteiger charge is -2.27. The fraction of sp³-hybridized carbons (Fsp3) is 0.909. The van der Waals surface area contributed by atoms with Crippen LogP contribution in [0.5, 0.6) is 0 Å². The van der Waals surface area contributed by atoms with Gasteiger partial charge in [-0.3, -0.25) is 9.69 Å². The quantitative estimate of drug-likeness (QED) is 0.612. The van der Waals surface area contributed by atoms with Gasteiger partial charge >= 0.3 is 0 Å². The highest BCUT2D eigenvalue weighted by molar-refractivity contribution is 5.83. The Morgan fingerprint density at radius 3 is 2.56 bits per heavy atom. The molecular weight excluding hydrogens is 206 g/mol. The van der Waals surface area contributed by atoms with E-state index in [2.05, 4.69) is 4.90 Å². The molecule has 1 rings (SSSR count). The van der Waals surface area contributed by atoms with Gasteiger partial charge in [-0.1, -0.05) is 0 Å². The molecule has 0 saturated carbocycles. The van der Waals surface area contributed by atoms with Crippen LogP contribution < -0.4 is 11.5 Å². The Hall–Kier alpha value is -0.650. The second-order valence-electron chi connectivity index (χ2n) is 4.69. The number of nitrogens with zero attached hydrogens (tertiary/aromatic N) is 1. The van der Waals surface area contributed by atoms with Crippen LogP contribution in [-0.2, 0) is 9.53 Å². The SMILES string of the molecule is CC(N)(CCCCN1CCOCC1)C(N)=O. The standard InChI is InChI=1S/C11H23N3O2/c1-11(13,10(12)15)4-2-3-5-14-6-8-16-9-7-14/h2-9,13H2,1H3,(H2,12,15). The first-order valence-electron chi connectivity index (χ1n) is 5.91. The topological polar surface area (TPSA) is 81.6 Å². The summed E-state index contributed by atoms with van der Waals surface area (Å²) >= 11 is 0. The van der Waals surface area contributed by atoms with Crippen LogP contribution in [-0.4, -0.2) is 49.2 Å². The molecule has 0 bridgehead atoms. The zero-order valence-corrected chi connectivity index (χ0v) is 10.1. The van der Waals surface area contributed by atoms with Gasteiger partial charge < -0.3 is 16.2 Å². The van der Waals surface area contributed by atoms with Crippen LogP contribution in [0.25, 0.3) is 0 Å². The molecule has 5 nitrogen and oxygen atoms in total. The van der Waals surface area contributed by atoms with E-state index >= 15 is 0 Å². The summed E-state index contributed by atoms with van der Waals surface area (Å²) in [6.07, 6.45) is 2.65. The zero-order chi connectivity index (χ0) is 12.0. The van der Waals surface area contributed by atoms with Gasteiger partial charge in [0.2, 0.25) is 5.91 Å². The molecule has 1 amide bonds. The lowest BCUT2D eigenvalue weighted by Crippen LogP contribution is -2.49. The van der Waals surface area contributed by atoms with Crippen LogP contribution in [0.4, 0.5) is 0 Å². The third-order valence-electron chi connectivity index (χ3n) is 3.09. The lowest BCUT2D eigenvalue weighted by atomic mass is 9.95. The lowest BCUT2D eigenvalue weighted by molar-refractivity contribution is -0.122. The Kier molecular flexibility index (Phi) is 5.18. The van der Waals surface area contributed by atoms with Crippen LogP contribution in [0, 0.1) is 0 Å². The number of amides is 1. The number of hydrogen-bond donors (Lipinski definition) is 2. The minimum absolute atomic E-state index is 0.418. The minimum Gasteiger partial charge on any atom is -0.379 e. The second-order valence-corrected chi connectivity index (χ2v) is 4.69. The number of rotatable bonds is 6. The number of ether oxygens (including phenoxy) is 1. The van der Waals surface area contributed by atoms with Gasteiger partial charge in [0, 0.05) is 13.1 Å². The molecule has 1 unspecified atom stereocenters. The van der Waals surface area contributed by atoms with E-state index < -0.39 is 11.4 Å². The number of hydrogen-bond acceptors (Lipinski definition) is 4. The van der Waals surface area contributed by atoms with E-state index in [1.165, 1.54) is 0 Å². The monoisotopic (exact) mass is 229 g/mol. The molecule has 0 radical (unpaired) electrons. The molecule has 94 valence electrons. The Morgan fingerprint density at radius 2 is 2.00 bits per heavy atom. The molecule has 16 heavy (non-hydrogen) atoms. The molecule has 1 aliphatic rings. The number of nitrogens with two attached hydrogens (primary N) is 2. The van der Waals surface area contributed by atoms with E-state index in [1.807, 2.05) is 0 Å². The van der Waals surface area contributed by atoms with E-state index in [1.54, 1.807) is 6.92 Å². The van der Waals surface area contributed by atoms with Crippen molar-refractivity contribution in [1.82, 2.24) is 4.90 Å². The van der Waals surface area contributed by atoms with Gasteiger partial charge in [0.05, 0.1) is 18.8 Å². The fourth-order valence-corrected chi connectivity index (χ4v) is 1.78. The van der Waals surface area contributed by atoms with Gasteiger partial charge in [-0.05, 0) is 32.7 Å². The van der Waals surface area contributed by atoms with Crippen molar-refractivity contribution < 1.29 is 9.53 Å². The molecule has 1 atom stereocenters. The van der Waals surface area contributed by atoms with Crippen LogP contribution in [0.3, 0.4) is 0 Å². The van der Waals surface area contributed by atoms with Gasteiger partial charge in [0.15, 0.2) is 0 Å². The van der Waals surface area contributed by atoms with E-state index in [4.69, 9.17) is 16.2 Å². The average molecular weight is 229 g/mol. The maximum absolute atomic E-state index is 11.0. The molecule has 1 heterocycles. The fourth-order valence-electron chi connectivity index (χ4n) is 1.78. The first kappa shape index (κ1) is 13.4. The summed E-state index contributed by atoms with van der Waals surface area (Å²) in [4.78, 5) is 13.4. The first-order valence-corrected chi connectivity index (χ1v) is 5.91. The number of carbonyl (C=O) groups excluding carboxylic acids is 1. The largest absolute Gasteiger partial charge is 0.379 e. The summed E-state index contributed by atoms with van der Waals surface area (Å²) < 4.78 is 5.27. The summed E-state index contributed by atoms with van der Waals surface area (Å²) in [7, 11) is 0. The highest BCUT2D eigenvalue weighted by Gasteiger charge is 2.24. The van der Waals surface area contributed by atoms with Crippen molar-refractivity contribution in [2.24, 2.45) is 11.5 Å². The Labute approximate surface area is 97.1 Å². The normalized spacial score (nSPS) is 21.6. The smallest absolute Gasteiger partial charge is 0.237 e. The summed E-state index contributed by atoms with van der Waals surface area (Å²) in [5.74, 6) is -0.418. The van der Waals surface area contributed by atoms with Gasteiger partial charge in [0.1, 0.15) is 0 Å². The summed E-state index contributed by atoms with van der Waals surface area (Å²) in [5, 5.41) is 0. The maximum atomic E-state index is 11.0. The molecule has 1 aliphatic heterocycles. The molecule has 1 saturated heterocycles. The molecular formula is C11H23N3O2. The highest BCUT2D eigenvalue weighted by atomic mass is 16.5. The van der Waals surface area contributed by atoms with Crippen molar-refractivity contribution in [3.05, 3.63) is 0 Å². The molecule has 0 aromatic heterocycles. The molecule has 4 N–H and O–H groups in total. The van der Waals surface area contributed by atoms with Crippen molar-refractivity contribution >= 4 is 5.91 Å². The molecule has 0 spiro atoms. The third-order valence-corrected chi connectivity index (χ3v) is 3.09. The van der Waals surface area contributed by atoms with E-state index in [9.17, 15) is 4.79 Å². The molecule has 0 aliphatic carbocycles. The molecule has 0 aromatic rings. The van der Waals surface area contributed by atoms with Crippen LogP contribution in [0.2, 0.25) is 0 Å². The number of unbranched alkanes of at least 4 members (excludes halogenated alkanes) is 1. The van der Waals surface area contributed by atoms with Crippen molar-refractivity contribution in [2.45, 2.75) is 31.7 Å². The maximum Gasteiger partial charge on any atom is 0.237 e. The average Bonchev–Trinajstić information content (AvgIpc) is 2.26. The van der Waals surface area contributed by atoms with Crippen molar-refractivity contribution in [2.75, 3.05) is 32.8 Å². The van der Waals surface area contributed by atoms with Crippen molar-refractivity contribution in [3.63, 3.8) is 0 Å². The molecule has 0 aromatic carbocycles. The highest BCUT2D eigenvalue weighted by Crippen LogP contribution is 2.10. The molecule has 1 fully saturated rings. The Bertz CT molecular complexity index is 225. The van der Waals surface area contributed by atoms with E-state index in [0.29, 0.717) is 6.42 Å². The number of morpholine rings is 1. The van der Waals surface area contributed by atoms with E-state index in [-0.39, 0.29) is 0 Å². The van der Waals surface area contributed by atoms with Crippen LogP contribution in [0.15, 0.2) is 0 Å². The Morgan fingerprint density at radius 1 is 1.38 bits per heavy atom. The minimum atomic E-state index is -0.856. The van der Waals surface area contributed by atoms with Gasteiger partial charge in [-0.25, -0.2) is 0 Å². The first-order chi connectivity index (χ1) is 7.52. The Balaban J connectivity index is 2.09. The summed E-state index contributed by atoms with van der Waals surface area (Å²) in [5.41, 5.74) is 10.1.